The van der Waals surface area contributed by atoms with Crippen molar-refractivity contribution in [1.82, 2.24) is 10.2 Å². The number of urea groups is 1. The van der Waals surface area contributed by atoms with Crippen molar-refractivity contribution in [1.29, 1.82) is 0 Å². The Hall–Kier alpha value is -1.86. The summed E-state index contributed by atoms with van der Waals surface area (Å²) in [7, 11) is 0. The zero-order valence-electron chi connectivity index (χ0n) is 13.1. The minimum Gasteiger partial charge on any atom is -0.467 e. The maximum Gasteiger partial charge on any atom is 0.317 e. The predicted molar refractivity (Wildman–Crippen MR) is 80.8 cm³/mol. The first-order valence-corrected chi connectivity index (χ1v) is 7.79. The molecule has 1 N–H and O–H groups in total. The lowest BCUT2D eigenvalue weighted by Crippen LogP contribution is -2.51. The molecule has 3 rings (SSSR count). The molecule has 2 aliphatic rings. The number of ether oxygens (including phenoxy) is 3. The molecular weight excluding hydrogens is 303 g/mol. The van der Waals surface area contributed by atoms with Crippen LogP contribution in [0.2, 0.25) is 0 Å². The molecule has 1 saturated heterocycles. The van der Waals surface area contributed by atoms with E-state index in [1.807, 2.05) is 6.92 Å². The molecule has 1 fully saturated rings. The van der Waals surface area contributed by atoms with E-state index in [0.717, 1.165) is 5.56 Å². The van der Waals surface area contributed by atoms with E-state index in [-0.39, 0.29) is 24.7 Å². The Bertz CT molecular complexity index is 581. The number of nitrogens with zero attached hydrogens (tertiary/aromatic N) is 1. The largest absolute Gasteiger partial charge is 0.467 e. The summed E-state index contributed by atoms with van der Waals surface area (Å²) in [5.41, 5.74) is 1.46. The van der Waals surface area contributed by atoms with Gasteiger partial charge in [-0.15, -0.1) is 0 Å². The number of hydrogen-bond donors (Lipinski definition) is 1. The molecule has 1 unspecified atom stereocenters. The fourth-order valence-electron chi connectivity index (χ4n) is 2.88. The molecule has 1 atom stereocenters. The standard InChI is InChI=1S/C16H21FN2O4/c1-11-8-21-5-4-19(11)16(20)18-3-2-12-6-14(17)7-13-9-22-10-23-15(12)13/h6-7,11H,2-5,8-10H2,1H3,(H,18,20). The number of amides is 2. The Morgan fingerprint density at radius 3 is 3.13 bits per heavy atom. The molecule has 0 aliphatic carbocycles. The van der Waals surface area contributed by atoms with E-state index >= 15 is 0 Å². The smallest absolute Gasteiger partial charge is 0.317 e. The van der Waals surface area contributed by atoms with E-state index in [2.05, 4.69) is 5.32 Å². The number of carbonyl (C=O) groups excluding carboxylic acids is 1. The summed E-state index contributed by atoms with van der Waals surface area (Å²) in [6.45, 7) is 4.59. The molecule has 1 aromatic carbocycles. The zero-order chi connectivity index (χ0) is 16.2. The number of hydrogen-bond acceptors (Lipinski definition) is 4. The third-order valence-corrected chi connectivity index (χ3v) is 4.05. The summed E-state index contributed by atoms with van der Waals surface area (Å²) in [5.74, 6) is 0.354. The summed E-state index contributed by atoms with van der Waals surface area (Å²) < 4.78 is 29.6. The van der Waals surface area contributed by atoms with Gasteiger partial charge in [-0.1, -0.05) is 0 Å². The predicted octanol–water partition coefficient (Wildman–Crippen LogP) is 1.66. The van der Waals surface area contributed by atoms with Crippen molar-refractivity contribution in [3.63, 3.8) is 0 Å². The van der Waals surface area contributed by atoms with E-state index in [0.29, 0.717) is 50.6 Å². The number of halogens is 1. The average molecular weight is 324 g/mol. The van der Waals surface area contributed by atoms with Crippen LogP contribution in [0.25, 0.3) is 0 Å². The molecule has 0 saturated carbocycles. The van der Waals surface area contributed by atoms with Crippen molar-refractivity contribution in [3.05, 3.63) is 29.1 Å². The lowest BCUT2D eigenvalue weighted by atomic mass is 10.1. The second-order valence-electron chi connectivity index (χ2n) is 5.76. The minimum absolute atomic E-state index is 0.0613. The van der Waals surface area contributed by atoms with Crippen LogP contribution in [-0.4, -0.2) is 50.1 Å². The first-order chi connectivity index (χ1) is 11.1. The third kappa shape index (κ3) is 3.73. The van der Waals surface area contributed by atoms with E-state index in [4.69, 9.17) is 14.2 Å². The quantitative estimate of drug-likeness (QED) is 0.919. The summed E-state index contributed by atoms with van der Waals surface area (Å²) in [4.78, 5) is 13.9. The maximum atomic E-state index is 13.7. The molecule has 0 aromatic heterocycles. The van der Waals surface area contributed by atoms with Crippen LogP contribution in [0.3, 0.4) is 0 Å². The topological polar surface area (TPSA) is 60.0 Å². The van der Waals surface area contributed by atoms with Crippen LogP contribution in [0.15, 0.2) is 12.1 Å². The highest BCUT2D eigenvalue weighted by atomic mass is 19.1. The number of rotatable bonds is 3. The van der Waals surface area contributed by atoms with Crippen LogP contribution in [0.4, 0.5) is 9.18 Å². The maximum absolute atomic E-state index is 13.7. The van der Waals surface area contributed by atoms with Crippen LogP contribution in [0.1, 0.15) is 18.1 Å². The van der Waals surface area contributed by atoms with Crippen LogP contribution in [0.5, 0.6) is 5.75 Å². The van der Waals surface area contributed by atoms with Gasteiger partial charge in [0.2, 0.25) is 0 Å². The van der Waals surface area contributed by atoms with Crippen molar-refractivity contribution in [2.45, 2.75) is 26.0 Å². The monoisotopic (exact) mass is 324 g/mol. The Kier molecular flexibility index (Phi) is 4.97. The Morgan fingerprint density at radius 1 is 1.43 bits per heavy atom. The summed E-state index contributed by atoms with van der Waals surface area (Å²) in [6.07, 6.45) is 0.505. The third-order valence-electron chi connectivity index (χ3n) is 4.05. The van der Waals surface area contributed by atoms with Gasteiger partial charge >= 0.3 is 6.03 Å². The SMILES string of the molecule is CC1COCCN1C(=O)NCCc1cc(F)cc2c1OCOC2. The number of fused-ring (bicyclic) bond motifs is 1. The van der Waals surface area contributed by atoms with Gasteiger partial charge in [-0.2, -0.15) is 0 Å². The second kappa shape index (κ2) is 7.14. The Morgan fingerprint density at radius 2 is 2.30 bits per heavy atom. The van der Waals surface area contributed by atoms with Crippen molar-refractivity contribution >= 4 is 6.03 Å². The molecule has 2 heterocycles. The van der Waals surface area contributed by atoms with Gasteiger partial charge in [0.15, 0.2) is 6.79 Å². The van der Waals surface area contributed by atoms with E-state index in [1.54, 1.807) is 4.90 Å². The van der Waals surface area contributed by atoms with Gasteiger partial charge in [-0.05, 0) is 31.0 Å². The van der Waals surface area contributed by atoms with Crippen molar-refractivity contribution in [2.75, 3.05) is 33.1 Å². The molecule has 1 aromatic rings. The number of benzene rings is 1. The molecule has 23 heavy (non-hydrogen) atoms. The first-order valence-electron chi connectivity index (χ1n) is 7.79. The molecule has 2 aliphatic heterocycles. The van der Waals surface area contributed by atoms with E-state index < -0.39 is 0 Å². The molecular formula is C16H21FN2O4. The van der Waals surface area contributed by atoms with Crippen molar-refractivity contribution in [2.24, 2.45) is 0 Å². The van der Waals surface area contributed by atoms with E-state index in [1.165, 1.54) is 12.1 Å². The van der Waals surface area contributed by atoms with E-state index in [9.17, 15) is 9.18 Å². The highest BCUT2D eigenvalue weighted by molar-refractivity contribution is 5.74. The Labute approximate surface area is 134 Å². The van der Waals surface area contributed by atoms with Gasteiger partial charge in [0.1, 0.15) is 11.6 Å². The van der Waals surface area contributed by atoms with Gasteiger partial charge in [-0.25, -0.2) is 9.18 Å². The summed E-state index contributed by atoms with van der Waals surface area (Å²) in [6, 6.07) is 2.82. The average Bonchev–Trinajstić information content (AvgIpc) is 2.55. The van der Waals surface area contributed by atoms with Crippen LogP contribution in [-0.2, 0) is 22.5 Å². The van der Waals surface area contributed by atoms with Crippen molar-refractivity contribution in [3.8, 4) is 5.75 Å². The minimum atomic E-state index is -0.319. The van der Waals surface area contributed by atoms with Crippen LogP contribution in [0, 0.1) is 5.82 Å². The zero-order valence-corrected chi connectivity index (χ0v) is 13.1. The number of carbonyl (C=O) groups is 1. The first kappa shape index (κ1) is 16.0. The fraction of sp³-hybridized carbons (Fsp3) is 0.562. The second-order valence-corrected chi connectivity index (χ2v) is 5.76. The highest BCUT2D eigenvalue weighted by Gasteiger charge is 2.23. The van der Waals surface area contributed by atoms with Gasteiger partial charge < -0.3 is 24.4 Å². The van der Waals surface area contributed by atoms with Crippen LogP contribution >= 0.6 is 0 Å². The number of nitrogens with one attached hydrogen (secondary N) is 1. The normalized spacial score (nSPS) is 20.6. The number of morpholine rings is 1. The molecule has 7 heteroatoms. The lowest BCUT2D eigenvalue weighted by Gasteiger charge is -2.33. The van der Waals surface area contributed by atoms with Crippen molar-refractivity contribution < 1.29 is 23.4 Å². The molecule has 126 valence electrons. The molecule has 0 spiro atoms. The summed E-state index contributed by atoms with van der Waals surface area (Å²) >= 11 is 0. The lowest BCUT2D eigenvalue weighted by molar-refractivity contribution is -0.0172. The highest BCUT2D eigenvalue weighted by Crippen LogP contribution is 2.29. The molecule has 0 radical (unpaired) electrons. The molecule has 0 bridgehead atoms. The van der Waals surface area contributed by atoms with Gasteiger partial charge in [0.05, 0.1) is 25.9 Å². The molecule has 6 nitrogen and oxygen atoms in total. The molecule has 2 amide bonds. The van der Waals surface area contributed by atoms with Gasteiger partial charge in [-0.3, -0.25) is 0 Å². The Balaban J connectivity index is 1.58. The summed E-state index contributed by atoms with van der Waals surface area (Å²) in [5, 5.41) is 2.88. The van der Waals surface area contributed by atoms with Crippen LogP contribution < -0.4 is 10.1 Å². The van der Waals surface area contributed by atoms with Gasteiger partial charge in [0, 0.05) is 18.7 Å². The fourth-order valence-corrected chi connectivity index (χ4v) is 2.88. The van der Waals surface area contributed by atoms with Gasteiger partial charge in [0.25, 0.3) is 0 Å².